The second-order valence-corrected chi connectivity index (χ2v) is 9.34. The fraction of sp³-hybridized carbons (Fsp3) is 0.579. The topological polar surface area (TPSA) is 142 Å². The molecule has 2 rings (SSSR count). The molecule has 1 fully saturated rings. The predicted molar refractivity (Wildman–Crippen MR) is 108 cm³/mol. The molecular weight excluding hydrogens is 431 g/mol. The number of hydrogen-bond donors (Lipinski definition) is 3. The first-order valence-corrected chi connectivity index (χ1v) is 11.2. The van der Waals surface area contributed by atoms with Crippen LogP contribution in [0.2, 0.25) is 0 Å². The van der Waals surface area contributed by atoms with Crippen LogP contribution in [0, 0.1) is 5.92 Å². The minimum atomic E-state index is -4.16. The molecule has 1 unspecified atom stereocenters. The van der Waals surface area contributed by atoms with Crippen molar-refractivity contribution in [1.29, 1.82) is 0 Å². The van der Waals surface area contributed by atoms with E-state index in [-0.39, 0.29) is 11.7 Å². The van der Waals surface area contributed by atoms with E-state index >= 15 is 0 Å². The molecule has 31 heavy (non-hydrogen) atoms. The SMILES string of the molecule is COC(=O)[C@@H](NP(=O)(OC[C@H]1OC(C)(C)O[C@H]1C(=O)NO)Oc1ccccc1)C(C)C. The Bertz CT molecular complexity index is 803. The average molecular weight is 460 g/mol. The smallest absolute Gasteiger partial charge is 0.459 e. The Morgan fingerprint density at radius 2 is 1.87 bits per heavy atom. The lowest BCUT2D eigenvalue weighted by Crippen LogP contribution is -2.43. The number of nitrogens with one attached hydrogen (secondary N) is 2. The van der Waals surface area contributed by atoms with E-state index in [1.54, 1.807) is 58.0 Å². The maximum absolute atomic E-state index is 13.6. The molecular formula is C19H29N2O9P. The Hall–Kier alpha value is -2.01. The molecule has 0 bridgehead atoms. The fourth-order valence-electron chi connectivity index (χ4n) is 2.90. The summed E-state index contributed by atoms with van der Waals surface area (Å²) in [5.41, 5.74) is 1.50. The quantitative estimate of drug-likeness (QED) is 0.205. The number of para-hydroxylation sites is 1. The first-order chi connectivity index (χ1) is 14.5. The van der Waals surface area contributed by atoms with Crippen LogP contribution >= 0.6 is 7.75 Å². The summed E-state index contributed by atoms with van der Waals surface area (Å²) in [6, 6.07) is 7.26. The van der Waals surface area contributed by atoms with E-state index in [2.05, 4.69) is 5.09 Å². The van der Waals surface area contributed by atoms with Crippen LogP contribution in [-0.2, 0) is 32.9 Å². The maximum Gasteiger partial charge on any atom is 0.459 e. The Morgan fingerprint density at radius 3 is 2.42 bits per heavy atom. The number of benzene rings is 1. The number of carbonyl (C=O) groups excluding carboxylic acids is 2. The highest BCUT2D eigenvalue weighted by atomic mass is 31.2. The minimum Gasteiger partial charge on any atom is -0.468 e. The van der Waals surface area contributed by atoms with Crippen LogP contribution in [0.1, 0.15) is 27.7 Å². The zero-order chi connectivity index (χ0) is 23.2. The van der Waals surface area contributed by atoms with Gasteiger partial charge in [0.05, 0.1) is 13.7 Å². The van der Waals surface area contributed by atoms with Gasteiger partial charge in [0.2, 0.25) is 0 Å². The van der Waals surface area contributed by atoms with E-state index in [0.717, 1.165) is 0 Å². The number of amides is 1. The molecule has 1 heterocycles. The number of carbonyl (C=O) groups is 2. The Kier molecular flexibility index (Phi) is 8.58. The van der Waals surface area contributed by atoms with Crippen LogP contribution in [0.3, 0.4) is 0 Å². The number of hydroxylamine groups is 1. The average Bonchev–Trinajstić information content (AvgIpc) is 3.04. The van der Waals surface area contributed by atoms with Crippen molar-refractivity contribution in [2.45, 2.75) is 51.7 Å². The lowest BCUT2D eigenvalue weighted by molar-refractivity contribution is -0.160. The normalized spacial score (nSPS) is 23.1. The third kappa shape index (κ3) is 6.99. The Morgan fingerprint density at radius 1 is 1.23 bits per heavy atom. The van der Waals surface area contributed by atoms with Crippen LogP contribution < -0.4 is 15.1 Å². The largest absolute Gasteiger partial charge is 0.468 e. The monoisotopic (exact) mass is 460 g/mol. The molecule has 1 aliphatic rings. The molecule has 1 aromatic carbocycles. The molecule has 0 spiro atoms. The molecule has 4 atom stereocenters. The zero-order valence-electron chi connectivity index (χ0n) is 18.1. The van der Waals surface area contributed by atoms with Crippen LogP contribution in [0.25, 0.3) is 0 Å². The third-order valence-corrected chi connectivity index (χ3v) is 5.88. The molecule has 3 N–H and O–H groups in total. The number of methoxy groups -OCH3 is 1. The third-order valence-electron chi connectivity index (χ3n) is 4.35. The van der Waals surface area contributed by atoms with E-state index in [0.29, 0.717) is 0 Å². The van der Waals surface area contributed by atoms with E-state index in [9.17, 15) is 14.2 Å². The van der Waals surface area contributed by atoms with Gasteiger partial charge in [-0.2, -0.15) is 5.09 Å². The van der Waals surface area contributed by atoms with E-state index in [1.807, 2.05) is 0 Å². The molecule has 1 amide bonds. The van der Waals surface area contributed by atoms with Gasteiger partial charge in [-0.1, -0.05) is 32.0 Å². The van der Waals surface area contributed by atoms with Crippen molar-refractivity contribution >= 4 is 19.6 Å². The Balaban J connectivity index is 2.24. The second kappa shape index (κ2) is 10.5. The summed E-state index contributed by atoms with van der Waals surface area (Å²) in [4.78, 5) is 24.1. The molecule has 0 radical (unpaired) electrons. The molecule has 174 valence electrons. The molecule has 11 nitrogen and oxygen atoms in total. The van der Waals surface area contributed by atoms with Gasteiger partial charge >= 0.3 is 13.7 Å². The molecule has 1 saturated heterocycles. The summed E-state index contributed by atoms with van der Waals surface area (Å²) in [5, 5.41) is 11.6. The maximum atomic E-state index is 13.6. The number of rotatable bonds is 10. The highest BCUT2D eigenvalue weighted by molar-refractivity contribution is 7.52. The highest BCUT2D eigenvalue weighted by Crippen LogP contribution is 2.46. The van der Waals surface area contributed by atoms with Crippen molar-refractivity contribution < 1.29 is 42.6 Å². The summed E-state index contributed by atoms with van der Waals surface area (Å²) in [6.45, 7) is 6.23. The fourth-order valence-corrected chi connectivity index (χ4v) is 4.56. The highest BCUT2D eigenvalue weighted by Gasteiger charge is 2.47. The number of hydrogen-bond acceptors (Lipinski definition) is 9. The van der Waals surface area contributed by atoms with Gasteiger partial charge in [-0.15, -0.1) is 0 Å². The standard InChI is InChI=1S/C19H29N2O9P/c1-12(2)15(18(23)26-5)21-31(25,30-13-9-7-6-8-10-13)27-11-14-16(17(22)20-24)29-19(3,4)28-14/h6-10,12,14-16,24H,11H2,1-5H3,(H,20,22)(H,21,25)/t14-,15+,16-,31?/m1/s1. The van der Waals surface area contributed by atoms with E-state index < -0.39 is 50.3 Å². The summed E-state index contributed by atoms with van der Waals surface area (Å²) < 4.78 is 40.6. The summed E-state index contributed by atoms with van der Waals surface area (Å²) in [6.07, 6.45) is -2.22. The lowest BCUT2D eigenvalue weighted by Gasteiger charge is -2.27. The van der Waals surface area contributed by atoms with Gasteiger partial charge in [-0.3, -0.25) is 19.3 Å². The first kappa shape index (κ1) is 25.3. The van der Waals surface area contributed by atoms with E-state index in [4.69, 9.17) is 28.5 Å². The summed E-state index contributed by atoms with van der Waals surface area (Å²) in [5.74, 6) is -2.70. The van der Waals surface area contributed by atoms with Crippen LogP contribution in [-0.4, -0.2) is 54.8 Å². The minimum absolute atomic E-state index is 0.235. The summed E-state index contributed by atoms with van der Waals surface area (Å²) in [7, 11) is -2.94. The van der Waals surface area contributed by atoms with Gasteiger partial charge in [-0.05, 0) is 31.9 Å². The first-order valence-electron chi connectivity index (χ1n) is 9.64. The van der Waals surface area contributed by atoms with Gasteiger partial charge in [0.15, 0.2) is 11.9 Å². The predicted octanol–water partition coefficient (Wildman–Crippen LogP) is 2.00. The van der Waals surface area contributed by atoms with Crippen molar-refractivity contribution in [3.8, 4) is 5.75 Å². The molecule has 12 heteroatoms. The van der Waals surface area contributed by atoms with Crippen molar-refractivity contribution in [2.75, 3.05) is 13.7 Å². The number of ether oxygens (including phenoxy) is 3. The second-order valence-electron chi connectivity index (χ2n) is 7.64. The van der Waals surface area contributed by atoms with Crippen molar-refractivity contribution in [1.82, 2.24) is 10.6 Å². The molecule has 0 saturated carbocycles. The van der Waals surface area contributed by atoms with Crippen LogP contribution in [0.15, 0.2) is 30.3 Å². The molecule has 0 aliphatic carbocycles. The number of esters is 1. The van der Waals surface area contributed by atoms with Gasteiger partial charge in [-0.25, -0.2) is 10.0 Å². The summed E-state index contributed by atoms with van der Waals surface area (Å²) >= 11 is 0. The zero-order valence-corrected chi connectivity index (χ0v) is 19.0. The molecule has 0 aromatic heterocycles. The van der Waals surface area contributed by atoms with E-state index in [1.165, 1.54) is 12.6 Å². The van der Waals surface area contributed by atoms with Gasteiger partial charge in [0.25, 0.3) is 5.91 Å². The van der Waals surface area contributed by atoms with Crippen molar-refractivity contribution in [3.05, 3.63) is 30.3 Å². The van der Waals surface area contributed by atoms with Gasteiger partial charge in [0, 0.05) is 0 Å². The van der Waals surface area contributed by atoms with Crippen molar-refractivity contribution in [3.63, 3.8) is 0 Å². The van der Waals surface area contributed by atoms with Crippen molar-refractivity contribution in [2.24, 2.45) is 5.92 Å². The molecule has 1 aromatic rings. The lowest BCUT2D eigenvalue weighted by atomic mass is 10.1. The van der Waals surface area contributed by atoms with Gasteiger partial charge < -0.3 is 18.7 Å². The Labute approximate surface area is 180 Å². The molecule has 1 aliphatic heterocycles. The van der Waals surface area contributed by atoms with Crippen LogP contribution in [0.4, 0.5) is 0 Å². The van der Waals surface area contributed by atoms with Gasteiger partial charge in [0.1, 0.15) is 17.9 Å². The van der Waals surface area contributed by atoms with Crippen LogP contribution in [0.5, 0.6) is 5.75 Å².